The number of aromatic nitrogens is 1. The fourth-order valence-corrected chi connectivity index (χ4v) is 5.24. The number of aryl methyl sites for hydroxylation is 1. The van der Waals surface area contributed by atoms with E-state index in [1.165, 1.54) is 7.11 Å². The van der Waals surface area contributed by atoms with Gasteiger partial charge in [0.05, 0.1) is 30.4 Å². The first kappa shape index (κ1) is 24.4. The third-order valence-corrected chi connectivity index (χ3v) is 7.26. The molecule has 8 heteroatoms. The highest BCUT2D eigenvalue weighted by Gasteiger charge is 2.33. The fraction of sp³-hybridized carbons (Fsp3) is 0.333. The number of carbonyl (C=O) groups excluding carboxylic acids is 2. The van der Waals surface area contributed by atoms with Crippen LogP contribution in [0.25, 0.3) is 11.3 Å². The number of ether oxygens (including phenoxy) is 2. The van der Waals surface area contributed by atoms with E-state index in [0.29, 0.717) is 22.4 Å². The molecule has 3 aromatic rings. The van der Waals surface area contributed by atoms with Crippen LogP contribution < -0.4 is 9.64 Å². The van der Waals surface area contributed by atoms with Gasteiger partial charge in [0.15, 0.2) is 5.13 Å². The van der Waals surface area contributed by atoms with Crippen molar-refractivity contribution in [3.05, 3.63) is 64.0 Å². The summed E-state index contributed by atoms with van der Waals surface area (Å²) in [5.74, 6) is 0.639. The van der Waals surface area contributed by atoms with Crippen LogP contribution in [0, 0.1) is 30.1 Å². The largest absolute Gasteiger partial charge is 0.488 e. The highest BCUT2D eigenvalue weighted by Crippen LogP contribution is 2.36. The zero-order valence-corrected chi connectivity index (χ0v) is 20.8. The number of anilines is 1. The number of benzene rings is 2. The summed E-state index contributed by atoms with van der Waals surface area (Å²) in [4.78, 5) is 30.2. The molecule has 1 aliphatic heterocycles. The van der Waals surface area contributed by atoms with Crippen molar-refractivity contribution in [1.82, 2.24) is 4.98 Å². The monoisotopic (exact) mass is 489 g/mol. The molecule has 1 fully saturated rings. The van der Waals surface area contributed by atoms with E-state index in [0.717, 1.165) is 47.7 Å². The zero-order chi connectivity index (χ0) is 24.9. The Kier molecular flexibility index (Phi) is 7.47. The molecule has 1 aromatic heterocycles. The van der Waals surface area contributed by atoms with Crippen molar-refractivity contribution >= 4 is 28.7 Å². The number of hydrogen-bond acceptors (Lipinski definition) is 8. The average molecular weight is 490 g/mol. The molecular weight excluding hydrogens is 462 g/mol. The first-order chi connectivity index (χ1) is 16.9. The number of rotatable bonds is 7. The van der Waals surface area contributed by atoms with Crippen molar-refractivity contribution in [2.45, 2.75) is 26.9 Å². The summed E-state index contributed by atoms with van der Waals surface area (Å²) in [5.41, 5.74) is 4.38. The Morgan fingerprint density at radius 3 is 2.86 bits per heavy atom. The van der Waals surface area contributed by atoms with Gasteiger partial charge in [0.25, 0.3) is 0 Å². The number of nitriles is 1. The van der Waals surface area contributed by atoms with Gasteiger partial charge in [-0.15, -0.1) is 11.3 Å². The Morgan fingerprint density at radius 1 is 1.31 bits per heavy atom. The van der Waals surface area contributed by atoms with Gasteiger partial charge < -0.3 is 14.4 Å². The van der Waals surface area contributed by atoms with Crippen LogP contribution in [-0.4, -0.2) is 37.4 Å². The molecule has 0 amide bonds. The highest BCUT2D eigenvalue weighted by molar-refractivity contribution is 7.14. The van der Waals surface area contributed by atoms with E-state index in [1.807, 2.05) is 30.5 Å². The van der Waals surface area contributed by atoms with Gasteiger partial charge in [-0.25, -0.2) is 4.98 Å². The Balaban J connectivity index is 1.53. The third kappa shape index (κ3) is 5.36. The summed E-state index contributed by atoms with van der Waals surface area (Å²) in [6, 6.07) is 13.1. The molecule has 0 radical (unpaired) electrons. The van der Waals surface area contributed by atoms with Crippen molar-refractivity contribution < 1.29 is 19.1 Å². The van der Waals surface area contributed by atoms with E-state index >= 15 is 0 Å². The molecule has 0 bridgehead atoms. The number of esters is 1. The normalized spacial score (nSPS) is 17.5. The average Bonchev–Trinajstić information content (AvgIpc) is 3.37. The summed E-state index contributed by atoms with van der Waals surface area (Å²) in [7, 11) is 1.44. The molecule has 2 atom stereocenters. The SMILES string of the molecule is COC(=O)[C@@H]1CCN(c2nc(-c3cc(C)ccc3OCc3ccc(C=O)cc3C#N)cs2)C[C@@H]1C. The number of methoxy groups -OCH3 is 1. The van der Waals surface area contributed by atoms with E-state index in [9.17, 15) is 14.9 Å². The lowest BCUT2D eigenvalue weighted by atomic mass is 9.87. The summed E-state index contributed by atoms with van der Waals surface area (Å²) in [6.07, 6.45) is 1.47. The van der Waals surface area contributed by atoms with Gasteiger partial charge in [0, 0.05) is 35.2 Å². The molecule has 0 aliphatic carbocycles. The van der Waals surface area contributed by atoms with Crippen molar-refractivity contribution in [3.8, 4) is 23.1 Å². The lowest BCUT2D eigenvalue weighted by molar-refractivity contribution is -0.147. The minimum atomic E-state index is -0.140. The minimum Gasteiger partial charge on any atom is -0.488 e. The zero-order valence-electron chi connectivity index (χ0n) is 20.0. The van der Waals surface area contributed by atoms with Crippen LogP contribution in [0.2, 0.25) is 0 Å². The molecule has 35 heavy (non-hydrogen) atoms. The van der Waals surface area contributed by atoms with Crippen LogP contribution >= 0.6 is 11.3 Å². The molecule has 1 saturated heterocycles. The number of aldehydes is 1. The van der Waals surface area contributed by atoms with Gasteiger partial charge in [0.1, 0.15) is 18.6 Å². The number of hydrogen-bond donors (Lipinski definition) is 0. The second kappa shape index (κ2) is 10.7. The van der Waals surface area contributed by atoms with E-state index < -0.39 is 0 Å². The Bertz CT molecular complexity index is 1280. The molecular formula is C27H27N3O4S. The van der Waals surface area contributed by atoms with Crippen LogP contribution in [0.4, 0.5) is 5.13 Å². The van der Waals surface area contributed by atoms with Crippen LogP contribution in [0.5, 0.6) is 5.75 Å². The molecule has 1 aliphatic rings. The predicted octanol–water partition coefficient (Wildman–Crippen LogP) is 5.02. The first-order valence-corrected chi connectivity index (χ1v) is 12.3. The van der Waals surface area contributed by atoms with E-state index in [1.54, 1.807) is 29.5 Å². The minimum absolute atomic E-state index is 0.0774. The van der Waals surface area contributed by atoms with Gasteiger partial charge in [0.2, 0.25) is 0 Å². The number of thiazole rings is 1. The molecule has 7 nitrogen and oxygen atoms in total. The molecule has 2 heterocycles. The lowest BCUT2D eigenvalue weighted by Gasteiger charge is -2.35. The molecule has 2 aromatic carbocycles. The van der Waals surface area contributed by atoms with Crippen molar-refractivity contribution in [2.75, 3.05) is 25.1 Å². The second-order valence-corrected chi connectivity index (χ2v) is 9.63. The number of piperidine rings is 1. The van der Waals surface area contributed by atoms with Crippen LogP contribution in [-0.2, 0) is 16.1 Å². The van der Waals surface area contributed by atoms with Crippen LogP contribution in [0.3, 0.4) is 0 Å². The molecule has 0 saturated carbocycles. The summed E-state index contributed by atoms with van der Waals surface area (Å²) in [5, 5.41) is 12.4. The standard InChI is InChI=1S/C27H27N3O4S/c1-17-4-7-25(34-15-20-6-5-19(14-31)11-21(20)12-28)23(10-17)24-16-35-27(29-24)30-9-8-22(18(2)13-30)26(32)33-3/h4-7,10-11,14,16,18,22H,8-9,13,15H2,1-3H3/t18-,22+/m0/s1. The summed E-state index contributed by atoms with van der Waals surface area (Å²) < 4.78 is 11.1. The Labute approximate surface area is 208 Å². The molecule has 0 unspecified atom stereocenters. The first-order valence-electron chi connectivity index (χ1n) is 11.4. The van der Waals surface area contributed by atoms with Crippen molar-refractivity contribution in [1.29, 1.82) is 5.26 Å². The third-order valence-electron chi connectivity index (χ3n) is 6.36. The second-order valence-electron chi connectivity index (χ2n) is 8.79. The maximum atomic E-state index is 12.0. The Morgan fingerprint density at radius 2 is 2.14 bits per heavy atom. The van der Waals surface area contributed by atoms with Gasteiger partial charge in [-0.1, -0.05) is 30.7 Å². The van der Waals surface area contributed by atoms with E-state index in [2.05, 4.69) is 17.9 Å². The molecule has 0 N–H and O–H groups in total. The number of carbonyl (C=O) groups is 2. The Hall–Kier alpha value is -3.70. The molecule has 4 rings (SSSR count). The molecule has 180 valence electrons. The van der Waals surface area contributed by atoms with Gasteiger partial charge in [-0.05, 0) is 37.5 Å². The van der Waals surface area contributed by atoms with Crippen LogP contribution in [0.1, 0.15) is 40.4 Å². The van der Waals surface area contributed by atoms with Gasteiger partial charge >= 0.3 is 5.97 Å². The van der Waals surface area contributed by atoms with E-state index in [-0.39, 0.29) is 24.4 Å². The topological polar surface area (TPSA) is 92.5 Å². The van der Waals surface area contributed by atoms with Crippen LogP contribution in [0.15, 0.2) is 41.8 Å². The van der Waals surface area contributed by atoms with Gasteiger partial charge in [-0.2, -0.15) is 5.26 Å². The maximum Gasteiger partial charge on any atom is 0.309 e. The van der Waals surface area contributed by atoms with Crippen molar-refractivity contribution in [2.24, 2.45) is 11.8 Å². The lowest BCUT2D eigenvalue weighted by Crippen LogP contribution is -2.42. The fourth-order valence-electron chi connectivity index (χ4n) is 4.38. The quantitative estimate of drug-likeness (QED) is 0.340. The summed E-state index contributed by atoms with van der Waals surface area (Å²) >= 11 is 1.57. The smallest absolute Gasteiger partial charge is 0.309 e. The van der Waals surface area contributed by atoms with Gasteiger partial charge in [-0.3, -0.25) is 9.59 Å². The highest BCUT2D eigenvalue weighted by atomic mass is 32.1. The van der Waals surface area contributed by atoms with Crippen molar-refractivity contribution in [3.63, 3.8) is 0 Å². The maximum absolute atomic E-state index is 12.0. The predicted molar refractivity (Wildman–Crippen MR) is 135 cm³/mol. The molecule has 0 spiro atoms. The number of nitrogens with zero attached hydrogens (tertiary/aromatic N) is 3. The summed E-state index contributed by atoms with van der Waals surface area (Å²) in [6.45, 7) is 5.80. The van der Waals surface area contributed by atoms with E-state index in [4.69, 9.17) is 14.5 Å².